The fourth-order valence-electron chi connectivity index (χ4n) is 4.76. The van der Waals surface area contributed by atoms with Gasteiger partial charge in [-0.2, -0.15) is 34.8 Å². The Morgan fingerprint density at radius 2 is 1.52 bits per heavy atom. The highest BCUT2D eigenvalue weighted by Gasteiger charge is 2.39. The Labute approximate surface area is 227 Å². The molecule has 40 heavy (non-hydrogen) atoms. The Morgan fingerprint density at radius 3 is 2.12 bits per heavy atom. The first-order valence-electron chi connectivity index (χ1n) is 12.2. The number of rotatable bonds is 7. The number of carbonyl (C=O) groups excluding carboxylic acids is 1. The Kier molecular flexibility index (Phi) is 8.48. The molecule has 1 saturated heterocycles. The first-order chi connectivity index (χ1) is 18.6. The Hall–Kier alpha value is -3.16. The van der Waals surface area contributed by atoms with Gasteiger partial charge in [0.2, 0.25) is 0 Å². The van der Waals surface area contributed by atoms with Crippen LogP contribution in [-0.4, -0.2) is 69.2 Å². The van der Waals surface area contributed by atoms with Crippen LogP contribution in [-0.2, 0) is 33.1 Å². The number of alkyl halides is 6. The number of carbonyl (C=O) groups is 1. The predicted octanol–water partition coefficient (Wildman–Crippen LogP) is 5.22. The van der Waals surface area contributed by atoms with Gasteiger partial charge in [0.05, 0.1) is 24.0 Å². The van der Waals surface area contributed by atoms with Crippen LogP contribution in [0.4, 0.5) is 26.3 Å². The van der Waals surface area contributed by atoms with Crippen LogP contribution in [0.25, 0.3) is 10.8 Å². The second-order valence-electron chi connectivity index (χ2n) is 9.66. The van der Waals surface area contributed by atoms with E-state index >= 15 is 0 Å². The Bertz CT molecular complexity index is 1460. The SMILES string of the molecule is CS(=O)(=O)OCCN1CCN(C(=O)c2cc(C(F)(F)F)cc(C(F)(F)F)c2)[C@H](Cc2ccc3ccccc3c2)C1. The standard InChI is InChI=1S/C27H26F6N2O4S/c1-40(37,38)39-11-10-34-8-9-35(24(17-34)13-18-6-7-19-4-2-3-5-20(19)12-18)25(36)21-14-22(26(28,29)30)16-23(15-21)27(31,32)33/h2-7,12,14-16,24H,8-11,13,17H2,1H3/t24-/m1/s1. The van der Waals surface area contributed by atoms with Crippen molar-refractivity contribution in [3.63, 3.8) is 0 Å². The van der Waals surface area contributed by atoms with Crippen molar-refractivity contribution < 1.29 is 43.7 Å². The maximum Gasteiger partial charge on any atom is 0.416 e. The summed E-state index contributed by atoms with van der Waals surface area (Å²) in [4.78, 5) is 16.6. The summed E-state index contributed by atoms with van der Waals surface area (Å²) >= 11 is 0. The molecule has 4 rings (SSSR count). The number of fused-ring (bicyclic) bond motifs is 1. The molecule has 1 aliphatic rings. The van der Waals surface area contributed by atoms with E-state index in [2.05, 4.69) is 0 Å². The van der Waals surface area contributed by atoms with E-state index in [-0.39, 0.29) is 45.3 Å². The quantitative estimate of drug-likeness (QED) is 0.280. The molecule has 0 saturated carbocycles. The van der Waals surface area contributed by atoms with Crippen molar-refractivity contribution in [1.82, 2.24) is 9.80 Å². The van der Waals surface area contributed by atoms with E-state index in [9.17, 15) is 39.6 Å². The average Bonchev–Trinajstić information content (AvgIpc) is 2.86. The zero-order valence-corrected chi connectivity index (χ0v) is 22.1. The molecule has 3 aromatic rings. The van der Waals surface area contributed by atoms with Crippen molar-refractivity contribution >= 4 is 26.8 Å². The Morgan fingerprint density at radius 1 is 0.900 bits per heavy atom. The van der Waals surface area contributed by atoms with Crippen LogP contribution >= 0.6 is 0 Å². The third-order valence-corrected chi connectivity index (χ3v) is 7.25. The highest BCUT2D eigenvalue weighted by molar-refractivity contribution is 7.85. The number of hydrogen-bond donors (Lipinski definition) is 0. The molecule has 1 atom stereocenters. The maximum absolute atomic E-state index is 13.5. The van der Waals surface area contributed by atoms with E-state index in [0.29, 0.717) is 12.1 Å². The molecule has 1 heterocycles. The topological polar surface area (TPSA) is 66.9 Å². The molecule has 0 N–H and O–H groups in total. The number of nitrogens with zero attached hydrogens (tertiary/aromatic N) is 2. The summed E-state index contributed by atoms with van der Waals surface area (Å²) in [7, 11) is -3.68. The molecular weight excluding hydrogens is 562 g/mol. The lowest BCUT2D eigenvalue weighted by Gasteiger charge is -2.41. The summed E-state index contributed by atoms with van der Waals surface area (Å²) in [5, 5.41) is 1.91. The van der Waals surface area contributed by atoms with Gasteiger partial charge in [-0.3, -0.25) is 13.9 Å². The van der Waals surface area contributed by atoms with Gasteiger partial charge in [-0.15, -0.1) is 0 Å². The molecule has 13 heteroatoms. The fraction of sp³-hybridized carbons (Fsp3) is 0.370. The van der Waals surface area contributed by atoms with Crippen LogP contribution in [0.2, 0.25) is 0 Å². The number of piperazine rings is 1. The van der Waals surface area contributed by atoms with Gasteiger partial charge in [0, 0.05) is 37.8 Å². The molecular formula is C27H26F6N2O4S. The maximum atomic E-state index is 13.5. The van der Waals surface area contributed by atoms with Gasteiger partial charge in [-0.1, -0.05) is 42.5 Å². The molecule has 0 spiro atoms. The molecule has 1 amide bonds. The van der Waals surface area contributed by atoms with E-state index in [0.717, 1.165) is 22.6 Å². The number of hydrogen-bond acceptors (Lipinski definition) is 5. The average molecular weight is 589 g/mol. The van der Waals surface area contributed by atoms with Gasteiger partial charge in [0.1, 0.15) is 0 Å². The molecule has 1 aliphatic heterocycles. The van der Waals surface area contributed by atoms with Crippen LogP contribution in [0.3, 0.4) is 0 Å². The summed E-state index contributed by atoms with van der Waals surface area (Å²) in [6, 6.07) is 13.5. The molecule has 6 nitrogen and oxygen atoms in total. The fourth-order valence-corrected chi connectivity index (χ4v) is 5.14. The van der Waals surface area contributed by atoms with Gasteiger partial charge in [-0.05, 0) is 41.0 Å². The van der Waals surface area contributed by atoms with Gasteiger partial charge >= 0.3 is 12.4 Å². The largest absolute Gasteiger partial charge is 0.416 e. The van der Waals surface area contributed by atoms with Crippen molar-refractivity contribution in [1.29, 1.82) is 0 Å². The zero-order valence-electron chi connectivity index (χ0n) is 21.3. The minimum Gasteiger partial charge on any atom is -0.333 e. The lowest BCUT2D eigenvalue weighted by atomic mass is 9.97. The summed E-state index contributed by atoms with van der Waals surface area (Å²) in [5.41, 5.74) is -3.02. The van der Waals surface area contributed by atoms with Crippen molar-refractivity contribution in [2.45, 2.75) is 24.8 Å². The monoisotopic (exact) mass is 588 g/mol. The van der Waals surface area contributed by atoms with Gasteiger partial charge in [0.15, 0.2) is 0 Å². The highest BCUT2D eigenvalue weighted by Crippen LogP contribution is 2.37. The molecule has 0 radical (unpaired) electrons. The smallest absolute Gasteiger partial charge is 0.333 e. The van der Waals surface area contributed by atoms with Crippen LogP contribution in [0, 0.1) is 0 Å². The lowest BCUT2D eigenvalue weighted by molar-refractivity contribution is -0.143. The molecule has 216 valence electrons. The number of amides is 1. The number of benzene rings is 3. The molecule has 0 unspecified atom stereocenters. The van der Waals surface area contributed by atoms with E-state index in [1.807, 2.05) is 47.4 Å². The van der Waals surface area contributed by atoms with Gasteiger partial charge < -0.3 is 4.90 Å². The van der Waals surface area contributed by atoms with Crippen LogP contribution in [0.1, 0.15) is 27.0 Å². The van der Waals surface area contributed by atoms with Gasteiger partial charge in [0.25, 0.3) is 16.0 Å². The summed E-state index contributed by atoms with van der Waals surface area (Å²) in [6.07, 6.45) is -8.99. The van der Waals surface area contributed by atoms with E-state index in [1.54, 1.807) is 0 Å². The van der Waals surface area contributed by atoms with Crippen LogP contribution in [0.15, 0.2) is 60.7 Å². The zero-order chi connectivity index (χ0) is 29.3. The summed E-state index contributed by atoms with van der Waals surface area (Å²) in [6.45, 7) is 0.492. The van der Waals surface area contributed by atoms with Crippen molar-refractivity contribution in [2.75, 3.05) is 39.0 Å². The second-order valence-corrected chi connectivity index (χ2v) is 11.3. The first kappa shape index (κ1) is 29.8. The summed E-state index contributed by atoms with van der Waals surface area (Å²) in [5.74, 6) is -0.950. The second kappa shape index (κ2) is 11.4. The molecule has 3 aromatic carbocycles. The van der Waals surface area contributed by atoms with Crippen molar-refractivity contribution in [3.05, 3.63) is 82.9 Å². The normalized spacial score (nSPS) is 17.4. The predicted molar refractivity (Wildman–Crippen MR) is 136 cm³/mol. The Balaban J connectivity index is 1.65. The molecule has 0 aromatic heterocycles. The minimum atomic E-state index is -5.08. The first-order valence-corrected chi connectivity index (χ1v) is 14.1. The van der Waals surface area contributed by atoms with Crippen LogP contribution < -0.4 is 0 Å². The lowest BCUT2D eigenvalue weighted by Crippen LogP contribution is -2.56. The minimum absolute atomic E-state index is 0.00749. The van der Waals surface area contributed by atoms with Crippen molar-refractivity contribution in [2.24, 2.45) is 0 Å². The molecule has 0 aliphatic carbocycles. The summed E-state index contributed by atoms with van der Waals surface area (Å²) < 4.78 is 108. The molecule has 0 bridgehead atoms. The van der Waals surface area contributed by atoms with Crippen LogP contribution in [0.5, 0.6) is 0 Å². The molecule has 1 fully saturated rings. The van der Waals surface area contributed by atoms with E-state index in [1.165, 1.54) is 4.90 Å². The highest BCUT2D eigenvalue weighted by atomic mass is 32.2. The van der Waals surface area contributed by atoms with Gasteiger partial charge in [-0.25, -0.2) is 0 Å². The third-order valence-electron chi connectivity index (χ3n) is 6.65. The third kappa shape index (κ3) is 7.52. The van der Waals surface area contributed by atoms with Crippen molar-refractivity contribution in [3.8, 4) is 0 Å². The number of halogens is 6. The van der Waals surface area contributed by atoms with E-state index < -0.39 is 51.1 Å². The van der Waals surface area contributed by atoms with E-state index in [4.69, 9.17) is 4.18 Å².